The molecule has 1 atom stereocenters. The lowest BCUT2D eigenvalue weighted by atomic mass is 10.2. The van der Waals surface area contributed by atoms with Crippen LogP contribution in [0.2, 0.25) is 0 Å². The van der Waals surface area contributed by atoms with E-state index in [2.05, 4.69) is 12.2 Å². The molecule has 1 heterocycles. The minimum Gasteiger partial charge on any atom is -0.383 e. The van der Waals surface area contributed by atoms with Gasteiger partial charge in [-0.05, 0) is 6.42 Å². The third kappa shape index (κ3) is 8.02. The molecular weight excluding hydrogens is 284 g/mol. The van der Waals surface area contributed by atoms with Gasteiger partial charge in [-0.15, -0.1) is 12.4 Å². The summed E-state index contributed by atoms with van der Waals surface area (Å²) in [6, 6.07) is 0.350. The van der Waals surface area contributed by atoms with Crippen molar-refractivity contribution < 1.29 is 9.53 Å². The Morgan fingerprint density at radius 1 is 1.47 bits per heavy atom. The summed E-state index contributed by atoms with van der Waals surface area (Å²) in [5.41, 5.74) is 0. The molecule has 0 spiro atoms. The highest BCUT2D eigenvalue weighted by Crippen LogP contribution is 2.11. The van der Waals surface area contributed by atoms with Crippen LogP contribution in [0.15, 0.2) is 0 Å². The average Bonchev–Trinajstić information content (AvgIpc) is 2.40. The van der Waals surface area contributed by atoms with Crippen molar-refractivity contribution in [3.63, 3.8) is 0 Å². The Hall–Kier alpha value is 0.0300. The van der Waals surface area contributed by atoms with Gasteiger partial charge in [-0.25, -0.2) is 0 Å². The summed E-state index contributed by atoms with van der Waals surface area (Å²) < 4.78 is 5.08. The number of rotatable bonds is 8. The van der Waals surface area contributed by atoms with E-state index >= 15 is 0 Å². The van der Waals surface area contributed by atoms with Crippen LogP contribution in [0.1, 0.15) is 26.2 Å². The molecule has 0 aliphatic carbocycles. The van der Waals surface area contributed by atoms with E-state index in [1.54, 1.807) is 7.11 Å². The number of ether oxygens (including phenoxy) is 1. The molecule has 0 bridgehead atoms. The van der Waals surface area contributed by atoms with Crippen molar-refractivity contribution in [1.29, 1.82) is 0 Å². The molecule has 1 aliphatic rings. The average molecular weight is 311 g/mol. The maximum Gasteiger partial charge on any atom is 0.224 e. The predicted molar refractivity (Wildman–Crippen MR) is 84.3 cm³/mol. The number of hydrogen-bond donors (Lipinski definition) is 1. The van der Waals surface area contributed by atoms with Gasteiger partial charge in [0.05, 0.1) is 6.61 Å². The normalized spacial score (nSPS) is 18.7. The van der Waals surface area contributed by atoms with Crippen molar-refractivity contribution in [3.05, 3.63) is 0 Å². The van der Waals surface area contributed by atoms with Crippen LogP contribution in [-0.4, -0.2) is 61.7 Å². The molecule has 0 aromatic carbocycles. The summed E-state index contributed by atoms with van der Waals surface area (Å²) in [5.74, 6) is 2.48. The molecule has 1 aliphatic heterocycles. The van der Waals surface area contributed by atoms with Gasteiger partial charge < -0.3 is 15.0 Å². The summed E-state index contributed by atoms with van der Waals surface area (Å²) in [4.78, 5) is 14.2. The first-order chi connectivity index (χ1) is 8.77. The third-order valence-corrected chi connectivity index (χ3v) is 4.25. The summed E-state index contributed by atoms with van der Waals surface area (Å²) >= 11 is 1.93. The molecule has 0 saturated carbocycles. The number of hydrogen-bond acceptors (Lipinski definition) is 4. The lowest BCUT2D eigenvalue weighted by molar-refractivity contribution is -0.132. The Labute approximate surface area is 127 Å². The molecule has 19 heavy (non-hydrogen) atoms. The summed E-state index contributed by atoms with van der Waals surface area (Å²) in [6.45, 7) is 5.38. The molecule has 1 fully saturated rings. The summed E-state index contributed by atoms with van der Waals surface area (Å²) in [5, 5.41) is 3.42. The van der Waals surface area contributed by atoms with Gasteiger partial charge in [0.15, 0.2) is 0 Å². The smallest absolute Gasteiger partial charge is 0.224 e. The highest BCUT2D eigenvalue weighted by atomic mass is 35.5. The first-order valence-corrected chi connectivity index (χ1v) is 8.01. The first-order valence-electron chi connectivity index (χ1n) is 6.85. The van der Waals surface area contributed by atoms with Gasteiger partial charge in [0, 0.05) is 50.7 Å². The van der Waals surface area contributed by atoms with Gasteiger partial charge in [0.1, 0.15) is 0 Å². The lowest BCUT2D eigenvalue weighted by Gasteiger charge is -2.27. The minimum atomic E-state index is 0. The van der Waals surface area contributed by atoms with E-state index in [0.29, 0.717) is 19.1 Å². The number of thioether (sulfide) groups is 1. The molecule has 1 rings (SSSR count). The third-order valence-electron chi connectivity index (χ3n) is 3.12. The van der Waals surface area contributed by atoms with Crippen molar-refractivity contribution in [1.82, 2.24) is 10.2 Å². The zero-order valence-electron chi connectivity index (χ0n) is 12.0. The Bertz CT molecular complexity index is 231. The van der Waals surface area contributed by atoms with Gasteiger partial charge in [0.2, 0.25) is 5.91 Å². The zero-order valence-corrected chi connectivity index (χ0v) is 13.7. The number of carbonyl (C=O) groups excluding carboxylic acids is 1. The van der Waals surface area contributed by atoms with Crippen molar-refractivity contribution >= 4 is 30.1 Å². The molecule has 1 unspecified atom stereocenters. The number of halogens is 1. The van der Waals surface area contributed by atoms with Crippen LogP contribution < -0.4 is 5.32 Å². The second-order valence-corrected chi connectivity index (χ2v) is 5.81. The van der Waals surface area contributed by atoms with E-state index in [4.69, 9.17) is 4.74 Å². The fourth-order valence-electron chi connectivity index (χ4n) is 2.00. The zero-order chi connectivity index (χ0) is 13.2. The minimum absolute atomic E-state index is 0. The molecule has 0 aromatic heterocycles. The lowest BCUT2D eigenvalue weighted by Crippen LogP contribution is -2.43. The molecule has 1 N–H and O–H groups in total. The van der Waals surface area contributed by atoms with Gasteiger partial charge in [0.25, 0.3) is 0 Å². The van der Waals surface area contributed by atoms with Gasteiger partial charge in [-0.3, -0.25) is 4.79 Å². The second kappa shape index (κ2) is 11.8. The van der Waals surface area contributed by atoms with Gasteiger partial charge in [-0.1, -0.05) is 13.3 Å². The quantitative estimate of drug-likeness (QED) is 0.742. The van der Waals surface area contributed by atoms with Crippen LogP contribution in [0, 0.1) is 0 Å². The molecular formula is C13H27ClN2O2S. The Morgan fingerprint density at radius 3 is 2.84 bits per heavy atom. The fraction of sp³-hybridized carbons (Fsp3) is 0.923. The van der Waals surface area contributed by atoms with Crippen molar-refractivity contribution in [2.75, 3.05) is 44.9 Å². The highest BCUT2D eigenvalue weighted by Gasteiger charge is 2.20. The number of nitrogens with zero attached hydrogens (tertiary/aromatic N) is 1. The number of methoxy groups -OCH3 is 1. The number of nitrogens with one attached hydrogen (secondary N) is 1. The molecule has 6 heteroatoms. The van der Waals surface area contributed by atoms with Crippen LogP contribution >= 0.6 is 24.2 Å². The molecule has 1 saturated heterocycles. The highest BCUT2D eigenvalue weighted by molar-refractivity contribution is 7.99. The van der Waals surface area contributed by atoms with Crippen molar-refractivity contribution in [3.8, 4) is 0 Å². The van der Waals surface area contributed by atoms with E-state index < -0.39 is 0 Å². The molecule has 0 aromatic rings. The largest absolute Gasteiger partial charge is 0.383 e. The maximum atomic E-state index is 12.2. The van der Waals surface area contributed by atoms with Gasteiger partial charge in [-0.2, -0.15) is 11.8 Å². The number of carbonyl (C=O) groups is 1. The fourth-order valence-corrected chi connectivity index (χ4v) is 2.95. The van der Waals surface area contributed by atoms with Crippen LogP contribution in [0.5, 0.6) is 0 Å². The molecule has 1 amide bonds. The van der Waals surface area contributed by atoms with E-state index in [9.17, 15) is 4.79 Å². The van der Waals surface area contributed by atoms with E-state index in [1.807, 2.05) is 16.7 Å². The van der Waals surface area contributed by atoms with Gasteiger partial charge >= 0.3 is 0 Å². The predicted octanol–water partition coefficient (Wildman–Crippen LogP) is 1.78. The van der Waals surface area contributed by atoms with Crippen molar-refractivity contribution in [2.45, 2.75) is 32.2 Å². The van der Waals surface area contributed by atoms with Crippen LogP contribution in [0.4, 0.5) is 0 Å². The Kier molecular flexibility index (Phi) is 11.8. The number of amides is 1. The first kappa shape index (κ1) is 19.0. The van der Waals surface area contributed by atoms with E-state index in [1.165, 1.54) is 0 Å². The topological polar surface area (TPSA) is 41.6 Å². The maximum absolute atomic E-state index is 12.2. The standard InChI is InChI=1S/C13H26N2O2S.ClH/c1-3-4-6-15(7-8-17-2)13(16)10-12-11-18-9-5-14-12;/h12,14H,3-11H2,1-2H3;1H. The van der Waals surface area contributed by atoms with Crippen LogP contribution in [-0.2, 0) is 9.53 Å². The molecule has 0 radical (unpaired) electrons. The summed E-state index contributed by atoms with van der Waals surface area (Å²) in [7, 11) is 1.68. The van der Waals surface area contributed by atoms with Crippen molar-refractivity contribution in [2.24, 2.45) is 0 Å². The number of unbranched alkanes of at least 4 members (excludes halogenated alkanes) is 1. The van der Waals surface area contributed by atoms with Crippen LogP contribution in [0.25, 0.3) is 0 Å². The Balaban J connectivity index is 0.00000324. The second-order valence-electron chi connectivity index (χ2n) is 4.66. The summed E-state index contributed by atoms with van der Waals surface area (Å²) in [6.07, 6.45) is 2.82. The van der Waals surface area contributed by atoms with E-state index in [-0.39, 0.29) is 18.3 Å². The molecule has 114 valence electrons. The monoisotopic (exact) mass is 310 g/mol. The van der Waals surface area contributed by atoms with E-state index in [0.717, 1.165) is 44.0 Å². The van der Waals surface area contributed by atoms with Crippen LogP contribution in [0.3, 0.4) is 0 Å². The molecule has 4 nitrogen and oxygen atoms in total. The Morgan fingerprint density at radius 2 is 2.26 bits per heavy atom. The SMILES string of the molecule is CCCCN(CCOC)C(=O)CC1CSCCN1.Cl.